The summed E-state index contributed by atoms with van der Waals surface area (Å²) >= 11 is 0. The molecule has 1 aliphatic rings. The summed E-state index contributed by atoms with van der Waals surface area (Å²) in [7, 11) is 0. The molecule has 0 aliphatic carbocycles. The number of rotatable bonds is 2. The number of para-hydroxylation sites is 1. The monoisotopic (exact) mass is 207 g/mol. The molecule has 2 atom stereocenters. The molecule has 1 aromatic carbocycles. The molecule has 3 heteroatoms. The summed E-state index contributed by atoms with van der Waals surface area (Å²) in [6.45, 7) is 4.51. The van der Waals surface area contributed by atoms with Crippen molar-refractivity contribution in [2.24, 2.45) is 0 Å². The second-order valence-corrected chi connectivity index (χ2v) is 4.22. The Bertz CT molecular complexity index is 338. The van der Waals surface area contributed by atoms with Crippen molar-refractivity contribution < 1.29 is 9.84 Å². The molecule has 15 heavy (non-hydrogen) atoms. The molecule has 0 saturated carbocycles. The van der Waals surface area contributed by atoms with Crippen LogP contribution in [0.15, 0.2) is 24.3 Å². The van der Waals surface area contributed by atoms with Gasteiger partial charge in [-0.05, 0) is 6.07 Å². The van der Waals surface area contributed by atoms with E-state index in [2.05, 4.69) is 19.2 Å². The van der Waals surface area contributed by atoms with Crippen molar-refractivity contribution in [3.05, 3.63) is 29.8 Å². The summed E-state index contributed by atoms with van der Waals surface area (Å²) in [5.41, 5.74) is 1.05. The van der Waals surface area contributed by atoms with Gasteiger partial charge in [0.1, 0.15) is 18.5 Å². The highest BCUT2D eigenvalue weighted by Gasteiger charge is 2.29. The maximum atomic E-state index is 9.88. The molecular weight excluding hydrogens is 190 g/mol. The molecule has 0 amide bonds. The topological polar surface area (TPSA) is 41.5 Å². The molecular formula is C12H17NO2. The van der Waals surface area contributed by atoms with Crippen LogP contribution in [0.5, 0.6) is 5.75 Å². The summed E-state index contributed by atoms with van der Waals surface area (Å²) in [5, 5.41) is 13.2. The molecule has 0 fully saturated rings. The molecule has 1 aliphatic heterocycles. The van der Waals surface area contributed by atoms with Gasteiger partial charge in [0.05, 0.1) is 6.04 Å². The average molecular weight is 207 g/mol. The van der Waals surface area contributed by atoms with Gasteiger partial charge in [-0.3, -0.25) is 0 Å². The number of nitrogens with one attached hydrogen (secondary N) is 1. The highest BCUT2D eigenvalue weighted by atomic mass is 16.5. The van der Waals surface area contributed by atoms with Gasteiger partial charge in [0, 0.05) is 11.6 Å². The Labute approximate surface area is 90.1 Å². The third-order valence-corrected chi connectivity index (χ3v) is 2.56. The van der Waals surface area contributed by atoms with Gasteiger partial charge in [0.15, 0.2) is 0 Å². The first-order chi connectivity index (χ1) is 7.18. The first-order valence-electron chi connectivity index (χ1n) is 5.34. The maximum absolute atomic E-state index is 9.88. The van der Waals surface area contributed by atoms with Gasteiger partial charge in [-0.1, -0.05) is 32.0 Å². The number of aliphatic hydroxyl groups excluding tert-OH is 1. The third kappa shape index (κ3) is 2.13. The summed E-state index contributed by atoms with van der Waals surface area (Å²) in [4.78, 5) is 0. The number of ether oxygens (including phenoxy) is 1. The zero-order valence-corrected chi connectivity index (χ0v) is 9.10. The van der Waals surface area contributed by atoms with Gasteiger partial charge in [-0.2, -0.15) is 0 Å². The standard InChI is InChI=1S/C12H17NO2/c1-8(2)13-12-9-5-3-4-6-11(9)15-7-10(12)14/h3-6,8,10,12-14H,7H2,1-2H3/t10-,12+/m0/s1. The van der Waals surface area contributed by atoms with E-state index in [-0.39, 0.29) is 6.04 Å². The molecule has 0 aromatic heterocycles. The quantitative estimate of drug-likeness (QED) is 0.771. The van der Waals surface area contributed by atoms with E-state index in [9.17, 15) is 5.11 Å². The normalized spacial score (nSPS) is 24.8. The van der Waals surface area contributed by atoms with Gasteiger partial charge in [-0.15, -0.1) is 0 Å². The van der Waals surface area contributed by atoms with Crippen LogP contribution in [0.4, 0.5) is 0 Å². The second kappa shape index (κ2) is 4.21. The number of hydrogen-bond acceptors (Lipinski definition) is 3. The van der Waals surface area contributed by atoms with Crippen LogP contribution >= 0.6 is 0 Å². The van der Waals surface area contributed by atoms with E-state index in [1.165, 1.54) is 0 Å². The van der Waals surface area contributed by atoms with Crippen LogP contribution < -0.4 is 10.1 Å². The molecule has 0 unspecified atom stereocenters. The summed E-state index contributed by atoms with van der Waals surface area (Å²) in [6.07, 6.45) is -0.470. The first kappa shape index (κ1) is 10.5. The summed E-state index contributed by atoms with van der Waals surface area (Å²) in [6, 6.07) is 8.18. The van der Waals surface area contributed by atoms with Crippen molar-refractivity contribution in [1.29, 1.82) is 0 Å². The zero-order chi connectivity index (χ0) is 10.8. The van der Waals surface area contributed by atoms with Crippen molar-refractivity contribution in [2.75, 3.05) is 6.61 Å². The molecule has 0 radical (unpaired) electrons. The molecule has 82 valence electrons. The van der Waals surface area contributed by atoms with E-state index in [1.807, 2.05) is 24.3 Å². The minimum absolute atomic E-state index is 0.0186. The molecule has 2 rings (SSSR count). The third-order valence-electron chi connectivity index (χ3n) is 2.56. The molecule has 1 heterocycles. The predicted molar refractivity (Wildman–Crippen MR) is 59.0 cm³/mol. The van der Waals surface area contributed by atoms with Crippen LogP contribution in [-0.4, -0.2) is 23.9 Å². The molecule has 0 saturated heterocycles. The Morgan fingerprint density at radius 2 is 2.13 bits per heavy atom. The van der Waals surface area contributed by atoms with Crippen molar-refractivity contribution >= 4 is 0 Å². The van der Waals surface area contributed by atoms with Crippen molar-refractivity contribution in [3.8, 4) is 5.75 Å². The van der Waals surface area contributed by atoms with E-state index in [1.54, 1.807) is 0 Å². The fourth-order valence-corrected chi connectivity index (χ4v) is 1.91. The lowest BCUT2D eigenvalue weighted by Gasteiger charge is -2.32. The fourth-order valence-electron chi connectivity index (χ4n) is 1.91. The molecule has 3 nitrogen and oxygen atoms in total. The fraction of sp³-hybridized carbons (Fsp3) is 0.500. The van der Waals surface area contributed by atoms with Gasteiger partial charge in [0.25, 0.3) is 0 Å². The number of hydrogen-bond donors (Lipinski definition) is 2. The van der Waals surface area contributed by atoms with Crippen LogP contribution in [-0.2, 0) is 0 Å². The van der Waals surface area contributed by atoms with Crippen LogP contribution in [0.25, 0.3) is 0 Å². The van der Waals surface area contributed by atoms with Crippen molar-refractivity contribution in [1.82, 2.24) is 5.32 Å². The number of fused-ring (bicyclic) bond motifs is 1. The Morgan fingerprint density at radius 1 is 1.40 bits per heavy atom. The minimum Gasteiger partial charge on any atom is -0.490 e. The number of benzene rings is 1. The van der Waals surface area contributed by atoms with E-state index < -0.39 is 6.10 Å². The highest BCUT2D eigenvalue weighted by Crippen LogP contribution is 2.31. The Balaban J connectivity index is 2.28. The minimum atomic E-state index is -0.470. The molecule has 2 N–H and O–H groups in total. The van der Waals surface area contributed by atoms with Crippen LogP contribution in [0.3, 0.4) is 0 Å². The SMILES string of the molecule is CC(C)N[C@@H]1c2ccccc2OC[C@@H]1O. The predicted octanol–water partition coefficient (Wildman–Crippen LogP) is 1.48. The van der Waals surface area contributed by atoms with Gasteiger partial charge < -0.3 is 15.2 Å². The van der Waals surface area contributed by atoms with Gasteiger partial charge >= 0.3 is 0 Å². The van der Waals surface area contributed by atoms with Crippen LogP contribution in [0.2, 0.25) is 0 Å². The van der Waals surface area contributed by atoms with Crippen molar-refractivity contribution in [3.63, 3.8) is 0 Å². The summed E-state index contributed by atoms with van der Waals surface area (Å²) < 4.78 is 5.46. The van der Waals surface area contributed by atoms with Crippen molar-refractivity contribution in [2.45, 2.75) is 32.0 Å². The second-order valence-electron chi connectivity index (χ2n) is 4.22. The van der Waals surface area contributed by atoms with Crippen LogP contribution in [0.1, 0.15) is 25.5 Å². The Kier molecular flexibility index (Phi) is 2.93. The van der Waals surface area contributed by atoms with E-state index in [0.29, 0.717) is 12.6 Å². The first-order valence-corrected chi connectivity index (χ1v) is 5.34. The lowest BCUT2D eigenvalue weighted by atomic mass is 9.97. The summed E-state index contributed by atoms with van der Waals surface area (Å²) in [5.74, 6) is 0.876. The average Bonchev–Trinajstić information content (AvgIpc) is 2.22. The highest BCUT2D eigenvalue weighted by molar-refractivity contribution is 5.38. The lowest BCUT2D eigenvalue weighted by Crippen LogP contribution is -2.41. The maximum Gasteiger partial charge on any atom is 0.124 e. The Hall–Kier alpha value is -1.06. The van der Waals surface area contributed by atoms with E-state index in [4.69, 9.17) is 4.74 Å². The zero-order valence-electron chi connectivity index (χ0n) is 9.10. The lowest BCUT2D eigenvalue weighted by molar-refractivity contribution is 0.0522. The molecule has 0 spiro atoms. The largest absolute Gasteiger partial charge is 0.490 e. The van der Waals surface area contributed by atoms with Crippen LogP contribution in [0, 0.1) is 0 Å². The smallest absolute Gasteiger partial charge is 0.124 e. The molecule has 0 bridgehead atoms. The molecule has 1 aromatic rings. The Morgan fingerprint density at radius 3 is 2.87 bits per heavy atom. The van der Waals surface area contributed by atoms with E-state index in [0.717, 1.165) is 11.3 Å². The number of aliphatic hydroxyl groups is 1. The van der Waals surface area contributed by atoms with E-state index >= 15 is 0 Å². The van der Waals surface area contributed by atoms with Gasteiger partial charge in [-0.25, -0.2) is 0 Å². The van der Waals surface area contributed by atoms with Gasteiger partial charge in [0.2, 0.25) is 0 Å².